The van der Waals surface area contributed by atoms with Gasteiger partial charge in [-0.1, -0.05) is 212 Å². The van der Waals surface area contributed by atoms with Crippen molar-refractivity contribution < 1.29 is 0 Å². The lowest BCUT2D eigenvalue weighted by atomic mass is 9.52. The number of hydrogen-bond donors (Lipinski definition) is 0. The van der Waals surface area contributed by atoms with Gasteiger partial charge in [-0.2, -0.15) is 0 Å². The van der Waals surface area contributed by atoms with Crippen LogP contribution in [-0.4, -0.2) is 15.0 Å². The van der Waals surface area contributed by atoms with Crippen molar-refractivity contribution in [3.63, 3.8) is 0 Å². The first kappa shape index (κ1) is 34.8. The van der Waals surface area contributed by atoms with Gasteiger partial charge in [0.2, 0.25) is 0 Å². The third-order valence-corrected chi connectivity index (χ3v) is 13.6. The average molecular weight is 788 g/mol. The number of nitrogens with zero attached hydrogens (tertiary/aromatic N) is 3. The van der Waals surface area contributed by atoms with E-state index in [1.807, 2.05) is 36.4 Å². The Balaban J connectivity index is 1.09. The van der Waals surface area contributed by atoms with Crippen LogP contribution in [0.2, 0.25) is 0 Å². The van der Waals surface area contributed by atoms with Crippen LogP contribution in [0.15, 0.2) is 224 Å². The van der Waals surface area contributed by atoms with E-state index in [-0.39, 0.29) is 0 Å². The first-order valence-corrected chi connectivity index (χ1v) is 21.4. The van der Waals surface area contributed by atoms with Crippen LogP contribution in [-0.2, 0) is 10.8 Å². The fourth-order valence-corrected chi connectivity index (χ4v) is 11.2. The van der Waals surface area contributed by atoms with E-state index in [9.17, 15) is 0 Å². The van der Waals surface area contributed by atoms with E-state index in [2.05, 4.69) is 188 Å². The van der Waals surface area contributed by atoms with Gasteiger partial charge in [0.25, 0.3) is 0 Å². The minimum atomic E-state index is -0.562. The molecule has 0 amide bonds. The summed E-state index contributed by atoms with van der Waals surface area (Å²) in [5, 5.41) is 0. The summed E-state index contributed by atoms with van der Waals surface area (Å²) in [5.41, 5.74) is 19.8. The van der Waals surface area contributed by atoms with Gasteiger partial charge >= 0.3 is 0 Å². The molecule has 62 heavy (non-hydrogen) atoms. The zero-order valence-corrected chi connectivity index (χ0v) is 33.7. The molecule has 0 saturated heterocycles. The molecule has 288 valence electrons. The van der Waals surface area contributed by atoms with Crippen LogP contribution in [0.5, 0.6) is 0 Å². The summed E-state index contributed by atoms with van der Waals surface area (Å²) in [5.74, 6) is 1.94. The Morgan fingerprint density at radius 2 is 0.532 bits per heavy atom. The third kappa shape index (κ3) is 4.68. The van der Waals surface area contributed by atoms with E-state index in [1.165, 1.54) is 66.8 Å². The van der Waals surface area contributed by atoms with Gasteiger partial charge in [-0.3, -0.25) is 0 Å². The smallest absolute Gasteiger partial charge is 0.164 e. The number of hydrogen-bond acceptors (Lipinski definition) is 3. The summed E-state index contributed by atoms with van der Waals surface area (Å²) >= 11 is 0. The van der Waals surface area contributed by atoms with Crippen molar-refractivity contribution >= 4 is 0 Å². The molecule has 0 bridgehead atoms. The zero-order valence-electron chi connectivity index (χ0n) is 33.7. The van der Waals surface area contributed by atoms with E-state index in [1.54, 1.807) is 0 Å². The number of aromatic nitrogens is 3. The second kappa shape index (κ2) is 13.2. The predicted molar refractivity (Wildman–Crippen MR) is 250 cm³/mol. The van der Waals surface area contributed by atoms with Crippen molar-refractivity contribution in [1.29, 1.82) is 0 Å². The summed E-state index contributed by atoms with van der Waals surface area (Å²) in [6.45, 7) is 0. The normalized spacial score (nSPS) is 14.1. The molecule has 13 rings (SSSR count). The lowest BCUT2D eigenvalue weighted by Gasteiger charge is -2.49. The van der Waals surface area contributed by atoms with Crippen LogP contribution in [0.25, 0.3) is 67.5 Å². The third-order valence-electron chi connectivity index (χ3n) is 13.6. The van der Waals surface area contributed by atoms with Crippen molar-refractivity contribution in [3.8, 4) is 67.5 Å². The highest BCUT2D eigenvalue weighted by Gasteiger charge is 2.58. The summed E-state index contributed by atoms with van der Waals surface area (Å²) in [6, 6.07) is 82.0. The topological polar surface area (TPSA) is 38.7 Å². The van der Waals surface area contributed by atoms with Crippen molar-refractivity contribution in [2.45, 2.75) is 10.8 Å². The summed E-state index contributed by atoms with van der Waals surface area (Å²) in [7, 11) is 0. The minimum Gasteiger partial charge on any atom is -0.208 e. The molecule has 10 aromatic rings. The molecule has 0 unspecified atom stereocenters. The molecule has 0 saturated carbocycles. The van der Waals surface area contributed by atoms with Gasteiger partial charge in [0.1, 0.15) is 0 Å². The molecule has 1 heterocycles. The van der Waals surface area contributed by atoms with E-state index in [0.717, 1.165) is 27.8 Å². The molecule has 3 nitrogen and oxygen atoms in total. The maximum atomic E-state index is 5.11. The molecular formula is C59H37N3. The molecule has 0 fully saturated rings. The Hall–Kier alpha value is -8.01. The summed E-state index contributed by atoms with van der Waals surface area (Å²) in [4.78, 5) is 15.2. The van der Waals surface area contributed by atoms with Crippen molar-refractivity contribution in [2.75, 3.05) is 0 Å². The molecule has 0 radical (unpaired) electrons. The molecule has 0 N–H and O–H groups in total. The van der Waals surface area contributed by atoms with Crippen LogP contribution < -0.4 is 0 Å². The monoisotopic (exact) mass is 787 g/mol. The Morgan fingerprint density at radius 1 is 0.210 bits per heavy atom. The molecule has 3 aliphatic rings. The molecule has 3 heteroatoms. The quantitative estimate of drug-likeness (QED) is 0.178. The lowest BCUT2D eigenvalue weighted by molar-refractivity contribution is 0.633. The Bertz CT molecular complexity index is 3270. The van der Waals surface area contributed by atoms with Gasteiger partial charge in [0.15, 0.2) is 17.5 Å². The summed E-state index contributed by atoms with van der Waals surface area (Å²) in [6.07, 6.45) is 0. The first-order chi connectivity index (χ1) is 30.7. The molecular weight excluding hydrogens is 751 g/mol. The van der Waals surface area contributed by atoms with Crippen LogP contribution >= 0.6 is 0 Å². The predicted octanol–water partition coefficient (Wildman–Crippen LogP) is 13.6. The fraction of sp³-hybridized carbons (Fsp3) is 0.0339. The fourth-order valence-electron chi connectivity index (χ4n) is 11.2. The maximum absolute atomic E-state index is 5.11. The van der Waals surface area contributed by atoms with Gasteiger partial charge in [0.05, 0.1) is 10.8 Å². The number of fused-ring (bicyclic) bond motifs is 16. The molecule has 0 aliphatic heterocycles. The Morgan fingerprint density at radius 3 is 1.00 bits per heavy atom. The molecule has 1 aromatic heterocycles. The second-order valence-electron chi connectivity index (χ2n) is 16.6. The van der Waals surface area contributed by atoms with Gasteiger partial charge in [0, 0.05) is 16.7 Å². The Labute approximate surface area is 360 Å². The van der Waals surface area contributed by atoms with Crippen LogP contribution in [0.1, 0.15) is 44.5 Å². The van der Waals surface area contributed by atoms with Gasteiger partial charge in [-0.25, -0.2) is 15.0 Å². The highest BCUT2D eigenvalue weighted by atomic mass is 15.0. The van der Waals surface area contributed by atoms with Crippen molar-refractivity contribution in [1.82, 2.24) is 15.0 Å². The number of rotatable bonds is 4. The maximum Gasteiger partial charge on any atom is 0.164 e. The molecule has 3 aliphatic carbocycles. The van der Waals surface area contributed by atoms with Crippen LogP contribution in [0.3, 0.4) is 0 Å². The van der Waals surface area contributed by atoms with Crippen molar-refractivity contribution in [2.24, 2.45) is 0 Å². The van der Waals surface area contributed by atoms with Gasteiger partial charge in [-0.05, 0) is 90.0 Å². The van der Waals surface area contributed by atoms with E-state index < -0.39 is 10.8 Å². The second-order valence-corrected chi connectivity index (χ2v) is 16.6. The van der Waals surface area contributed by atoms with E-state index >= 15 is 0 Å². The molecule has 9 aromatic carbocycles. The average Bonchev–Trinajstić information content (AvgIpc) is 3.82. The van der Waals surface area contributed by atoms with Gasteiger partial charge in [-0.15, -0.1) is 0 Å². The van der Waals surface area contributed by atoms with E-state index in [4.69, 9.17) is 15.0 Å². The minimum absolute atomic E-state index is 0.524. The van der Waals surface area contributed by atoms with Crippen LogP contribution in [0, 0.1) is 0 Å². The standard InChI is InChI=1S/C59H37N3/c1-3-18-38(19-4-1)55-60-56(39-20-5-2-6-21-39)62-57(61-55)42-23-17-22-40(36-42)41-34-35-53-54(37-41)59(49-30-13-9-26-45(49)46-27-10-14-31-50(46)59)52-33-16-15-32-51(52)58(53)47-28-11-7-24-43(47)44-25-8-12-29-48(44)58/h1-37H. The van der Waals surface area contributed by atoms with Gasteiger partial charge < -0.3 is 0 Å². The zero-order chi connectivity index (χ0) is 40.8. The van der Waals surface area contributed by atoms with E-state index in [0.29, 0.717) is 17.5 Å². The SMILES string of the molecule is c1ccc(-c2nc(-c3ccccc3)nc(-c3cccc(-c4ccc5c(c4)C4(c6ccccc6-c6ccccc64)c4ccccc4C54c5ccccc5-c5ccccc54)c3)n2)cc1. The lowest BCUT2D eigenvalue weighted by Crippen LogP contribution is -2.43. The van der Waals surface area contributed by atoms with Crippen LogP contribution in [0.4, 0.5) is 0 Å². The van der Waals surface area contributed by atoms with Crippen molar-refractivity contribution in [3.05, 3.63) is 269 Å². The molecule has 0 atom stereocenters. The highest BCUT2D eigenvalue weighted by Crippen LogP contribution is 2.67. The molecule has 2 spiro atoms. The largest absolute Gasteiger partial charge is 0.208 e. The highest BCUT2D eigenvalue weighted by molar-refractivity contribution is 5.94. The number of benzene rings is 9. The first-order valence-electron chi connectivity index (χ1n) is 21.4. The summed E-state index contributed by atoms with van der Waals surface area (Å²) < 4.78 is 0. The Kier molecular flexibility index (Phi) is 7.44.